The summed E-state index contributed by atoms with van der Waals surface area (Å²) < 4.78 is 0. The van der Waals surface area contributed by atoms with Gasteiger partial charge in [0, 0.05) is 12.6 Å². The highest BCUT2D eigenvalue weighted by Gasteiger charge is 2.44. The molecule has 106 valence electrons. The standard InChI is InChI=1S/C14H22N2O3/c1-14(12(17)18)9-5-6-10-16(14)13(19)15-11-7-3-2-4-8-11/h2-3,11H,4-10H2,1H3,(H,15,19)(H,17,18). The molecule has 0 aromatic carbocycles. The minimum absolute atomic E-state index is 0.137. The maximum Gasteiger partial charge on any atom is 0.329 e. The van der Waals surface area contributed by atoms with Crippen LogP contribution >= 0.6 is 0 Å². The molecule has 2 N–H and O–H groups in total. The highest BCUT2D eigenvalue weighted by atomic mass is 16.4. The zero-order valence-corrected chi connectivity index (χ0v) is 11.4. The number of amides is 2. The smallest absolute Gasteiger partial charge is 0.329 e. The van der Waals surface area contributed by atoms with E-state index < -0.39 is 11.5 Å². The van der Waals surface area contributed by atoms with E-state index in [0.29, 0.717) is 13.0 Å². The summed E-state index contributed by atoms with van der Waals surface area (Å²) in [5, 5.41) is 12.4. The van der Waals surface area contributed by atoms with Gasteiger partial charge in [-0.1, -0.05) is 12.2 Å². The Morgan fingerprint density at radius 2 is 2.16 bits per heavy atom. The first-order valence-corrected chi connectivity index (χ1v) is 7.00. The van der Waals surface area contributed by atoms with Crippen molar-refractivity contribution >= 4 is 12.0 Å². The molecule has 5 heteroatoms. The van der Waals surface area contributed by atoms with Gasteiger partial charge in [0.25, 0.3) is 0 Å². The van der Waals surface area contributed by atoms with E-state index in [0.717, 1.165) is 32.1 Å². The lowest BCUT2D eigenvalue weighted by atomic mass is 9.89. The quantitative estimate of drug-likeness (QED) is 0.752. The first kappa shape index (κ1) is 13.9. The van der Waals surface area contributed by atoms with E-state index in [-0.39, 0.29) is 12.1 Å². The van der Waals surface area contributed by atoms with Crippen LogP contribution in [0.1, 0.15) is 45.4 Å². The fourth-order valence-corrected chi connectivity index (χ4v) is 2.85. The molecule has 1 aliphatic carbocycles. The molecule has 0 aromatic rings. The van der Waals surface area contributed by atoms with Crippen molar-refractivity contribution in [2.24, 2.45) is 0 Å². The van der Waals surface area contributed by atoms with Gasteiger partial charge in [-0.25, -0.2) is 9.59 Å². The second-order valence-corrected chi connectivity index (χ2v) is 5.62. The van der Waals surface area contributed by atoms with Crippen molar-refractivity contribution in [2.45, 2.75) is 57.0 Å². The molecule has 2 atom stereocenters. The summed E-state index contributed by atoms with van der Waals surface area (Å²) in [7, 11) is 0. The summed E-state index contributed by atoms with van der Waals surface area (Å²) in [4.78, 5) is 25.3. The second-order valence-electron chi connectivity index (χ2n) is 5.62. The fraction of sp³-hybridized carbons (Fsp3) is 0.714. The zero-order chi connectivity index (χ0) is 13.9. The number of carbonyl (C=O) groups excluding carboxylic acids is 1. The molecule has 0 saturated carbocycles. The first-order valence-electron chi connectivity index (χ1n) is 7.00. The fourth-order valence-electron chi connectivity index (χ4n) is 2.85. The third-order valence-electron chi connectivity index (χ3n) is 4.19. The van der Waals surface area contributed by atoms with Gasteiger partial charge in [0.1, 0.15) is 5.54 Å². The third kappa shape index (κ3) is 2.91. The SMILES string of the molecule is CC1(C(=O)O)CCCCN1C(=O)NC1CC=CCC1. The van der Waals surface area contributed by atoms with E-state index in [9.17, 15) is 14.7 Å². The number of carboxylic acids is 1. The van der Waals surface area contributed by atoms with Crippen molar-refractivity contribution in [1.29, 1.82) is 0 Å². The Morgan fingerprint density at radius 3 is 2.79 bits per heavy atom. The van der Waals surface area contributed by atoms with Crippen LogP contribution in [0.25, 0.3) is 0 Å². The highest BCUT2D eigenvalue weighted by Crippen LogP contribution is 2.28. The van der Waals surface area contributed by atoms with Crippen molar-refractivity contribution in [3.8, 4) is 0 Å². The highest BCUT2D eigenvalue weighted by molar-refractivity contribution is 5.86. The van der Waals surface area contributed by atoms with E-state index >= 15 is 0 Å². The van der Waals surface area contributed by atoms with E-state index in [2.05, 4.69) is 17.5 Å². The topological polar surface area (TPSA) is 69.6 Å². The summed E-state index contributed by atoms with van der Waals surface area (Å²) in [5.74, 6) is -0.911. The van der Waals surface area contributed by atoms with Crippen molar-refractivity contribution in [3.63, 3.8) is 0 Å². The van der Waals surface area contributed by atoms with Gasteiger partial charge in [-0.05, 0) is 45.4 Å². The number of aliphatic carboxylic acids is 1. The largest absolute Gasteiger partial charge is 0.480 e. The molecule has 1 saturated heterocycles. The molecule has 2 unspecified atom stereocenters. The van der Waals surface area contributed by atoms with E-state index in [1.165, 1.54) is 4.90 Å². The van der Waals surface area contributed by atoms with Gasteiger partial charge in [0.15, 0.2) is 0 Å². The van der Waals surface area contributed by atoms with Crippen LogP contribution in [0, 0.1) is 0 Å². The molecule has 0 radical (unpaired) electrons. The predicted octanol–water partition coefficient (Wildman–Crippen LogP) is 2.13. The normalized spacial score (nSPS) is 31.0. The van der Waals surface area contributed by atoms with E-state index in [1.807, 2.05) is 0 Å². The van der Waals surface area contributed by atoms with Crippen LogP contribution in [0.15, 0.2) is 12.2 Å². The number of hydrogen-bond acceptors (Lipinski definition) is 2. The summed E-state index contributed by atoms with van der Waals surface area (Å²) >= 11 is 0. The molecule has 0 bridgehead atoms. The monoisotopic (exact) mass is 266 g/mol. The van der Waals surface area contributed by atoms with Gasteiger partial charge < -0.3 is 15.3 Å². The summed E-state index contributed by atoms with van der Waals surface area (Å²) in [6.45, 7) is 2.17. The van der Waals surface area contributed by atoms with Crippen LogP contribution in [0.5, 0.6) is 0 Å². The van der Waals surface area contributed by atoms with Gasteiger partial charge in [0.2, 0.25) is 0 Å². The molecule has 0 aromatic heterocycles. The van der Waals surface area contributed by atoms with Gasteiger partial charge in [-0.15, -0.1) is 0 Å². The Kier molecular flexibility index (Phi) is 4.12. The van der Waals surface area contributed by atoms with Crippen molar-refractivity contribution < 1.29 is 14.7 Å². The predicted molar refractivity (Wildman–Crippen MR) is 71.9 cm³/mol. The molecule has 2 amide bonds. The average Bonchev–Trinajstić information content (AvgIpc) is 2.40. The molecule has 2 rings (SSSR count). The Bertz CT molecular complexity index is 394. The molecule has 1 fully saturated rings. The van der Waals surface area contributed by atoms with Gasteiger partial charge in [0.05, 0.1) is 0 Å². The Hall–Kier alpha value is -1.52. The van der Waals surface area contributed by atoms with Crippen molar-refractivity contribution in [3.05, 3.63) is 12.2 Å². The van der Waals surface area contributed by atoms with Crippen LogP contribution in [0.3, 0.4) is 0 Å². The lowest BCUT2D eigenvalue weighted by molar-refractivity contribution is -0.150. The summed E-state index contributed by atoms with van der Waals surface area (Å²) in [6, 6.07) is -0.0950. The Balaban J connectivity index is 2.03. The van der Waals surface area contributed by atoms with Crippen LogP contribution < -0.4 is 5.32 Å². The lowest BCUT2D eigenvalue weighted by Gasteiger charge is -2.42. The van der Waals surface area contributed by atoms with Crippen molar-refractivity contribution in [1.82, 2.24) is 10.2 Å². The van der Waals surface area contributed by atoms with Crippen LogP contribution in [0.4, 0.5) is 4.79 Å². The Labute approximate surface area is 113 Å². The number of rotatable bonds is 2. The average molecular weight is 266 g/mol. The Morgan fingerprint density at radius 1 is 1.37 bits per heavy atom. The number of likely N-dealkylation sites (tertiary alicyclic amines) is 1. The molecule has 1 aliphatic heterocycles. The van der Waals surface area contributed by atoms with Gasteiger partial charge in [-0.3, -0.25) is 0 Å². The molecule has 19 heavy (non-hydrogen) atoms. The maximum absolute atomic E-state index is 12.3. The van der Waals surface area contributed by atoms with Crippen LogP contribution in [0.2, 0.25) is 0 Å². The lowest BCUT2D eigenvalue weighted by Crippen LogP contribution is -2.61. The molecule has 5 nitrogen and oxygen atoms in total. The molecular weight excluding hydrogens is 244 g/mol. The zero-order valence-electron chi connectivity index (χ0n) is 11.4. The molecule has 0 spiro atoms. The minimum atomic E-state index is -1.06. The summed E-state index contributed by atoms with van der Waals surface area (Å²) in [5.41, 5.74) is -1.06. The van der Waals surface area contributed by atoms with Gasteiger partial charge >= 0.3 is 12.0 Å². The van der Waals surface area contributed by atoms with Crippen LogP contribution in [-0.2, 0) is 4.79 Å². The number of nitrogens with one attached hydrogen (secondary N) is 1. The number of urea groups is 1. The number of piperidine rings is 1. The summed E-state index contributed by atoms with van der Waals surface area (Å²) in [6.07, 6.45) is 9.19. The van der Waals surface area contributed by atoms with Gasteiger partial charge in [-0.2, -0.15) is 0 Å². The number of allylic oxidation sites excluding steroid dienone is 1. The molecule has 1 heterocycles. The second kappa shape index (κ2) is 5.63. The minimum Gasteiger partial charge on any atom is -0.480 e. The van der Waals surface area contributed by atoms with E-state index in [4.69, 9.17) is 0 Å². The third-order valence-corrected chi connectivity index (χ3v) is 4.19. The number of carboxylic acid groups (broad SMARTS) is 1. The van der Waals surface area contributed by atoms with Crippen LogP contribution in [-0.4, -0.2) is 40.1 Å². The molecule has 2 aliphatic rings. The van der Waals surface area contributed by atoms with Crippen molar-refractivity contribution in [2.75, 3.05) is 6.54 Å². The van der Waals surface area contributed by atoms with E-state index in [1.54, 1.807) is 6.92 Å². The maximum atomic E-state index is 12.3. The number of carbonyl (C=O) groups is 2. The number of nitrogens with zero attached hydrogens (tertiary/aromatic N) is 1. The number of hydrogen-bond donors (Lipinski definition) is 2. The molecular formula is C14H22N2O3. The first-order chi connectivity index (χ1) is 9.04.